The molecule has 4 heteroatoms. The number of carboxylic acid groups (broad SMARTS) is 1. The number of hydrogen-bond acceptors (Lipinski definition) is 2. The lowest BCUT2D eigenvalue weighted by Crippen LogP contribution is -2.43. The molecule has 0 aromatic rings. The number of carbonyl (C=O) groups excluding carboxylic acids is 1. The summed E-state index contributed by atoms with van der Waals surface area (Å²) in [5.41, 5.74) is -0.255. The standard InChI is InChI=1S/C13H23NO3/c1-9-4-10(2)6-13(5-9,7-12(16)17)8-14-11(3)15/h9-10H,4-8H2,1-3H3,(H,14,15)(H,16,17)/t9-,10+,13?. The first-order chi connectivity index (χ1) is 7.83. The molecule has 3 atom stereocenters. The number of amides is 1. The minimum atomic E-state index is -0.767. The van der Waals surface area contributed by atoms with Gasteiger partial charge in [-0.2, -0.15) is 0 Å². The van der Waals surface area contributed by atoms with E-state index in [1.165, 1.54) is 6.92 Å². The Balaban J connectivity index is 2.76. The first-order valence-corrected chi connectivity index (χ1v) is 6.29. The minimum Gasteiger partial charge on any atom is -0.481 e. The highest BCUT2D eigenvalue weighted by molar-refractivity contribution is 5.73. The molecule has 2 N–H and O–H groups in total. The van der Waals surface area contributed by atoms with Crippen molar-refractivity contribution in [1.82, 2.24) is 5.32 Å². The van der Waals surface area contributed by atoms with Gasteiger partial charge in [-0.25, -0.2) is 0 Å². The SMILES string of the molecule is CC(=O)NCC1(CC(=O)O)C[C@H](C)C[C@H](C)C1. The molecule has 0 heterocycles. The molecular formula is C13H23NO3. The highest BCUT2D eigenvalue weighted by Gasteiger charge is 2.39. The van der Waals surface area contributed by atoms with Crippen LogP contribution < -0.4 is 5.32 Å². The Hall–Kier alpha value is -1.06. The third-order valence-electron chi connectivity index (χ3n) is 3.61. The van der Waals surface area contributed by atoms with Crippen molar-refractivity contribution in [1.29, 1.82) is 0 Å². The zero-order valence-corrected chi connectivity index (χ0v) is 11.0. The largest absolute Gasteiger partial charge is 0.481 e. The molecule has 17 heavy (non-hydrogen) atoms. The summed E-state index contributed by atoms with van der Waals surface area (Å²) in [5, 5.41) is 11.9. The molecule has 1 amide bonds. The van der Waals surface area contributed by atoms with E-state index in [-0.39, 0.29) is 17.7 Å². The van der Waals surface area contributed by atoms with Gasteiger partial charge in [0.25, 0.3) is 0 Å². The van der Waals surface area contributed by atoms with Gasteiger partial charge in [-0.3, -0.25) is 9.59 Å². The number of rotatable bonds is 4. The van der Waals surface area contributed by atoms with E-state index in [1.807, 2.05) is 0 Å². The fourth-order valence-electron chi connectivity index (χ4n) is 3.40. The molecule has 1 fully saturated rings. The zero-order chi connectivity index (χ0) is 13.1. The molecule has 0 aromatic heterocycles. The number of carbonyl (C=O) groups is 2. The predicted molar refractivity (Wildman–Crippen MR) is 65.5 cm³/mol. The van der Waals surface area contributed by atoms with E-state index in [2.05, 4.69) is 19.2 Å². The average molecular weight is 241 g/mol. The lowest BCUT2D eigenvalue weighted by Gasteiger charge is -2.42. The second-order valence-electron chi connectivity index (χ2n) is 5.83. The summed E-state index contributed by atoms with van der Waals surface area (Å²) in [6, 6.07) is 0. The van der Waals surface area contributed by atoms with Gasteiger partial charge in [0.15, 0.2) is 0 Å². The summed E-state index contributed by atoms with van der Waals surface area (Å²) >= 11 is 0. The molecule has 98 valence electrons. The number of carboxylic acids is 1. The lowest BCUT2D eigenvalue weighted by molar-refractivity contribution is -0.141. The van der Waals surface area contributed by atoms with E-state index in [0.29, 0.717) is 18.4 Å². The average Bonchev–Trinajstić information content (AvgIpc) is 2.11. The summed E-state index contributed by atoms with van der Waals surface area (Å²) in [6.45, 7) is 6.30. The van der Waals surface area contributed by atoms with E-state index < -0.39 is 5.97 Å². The Labute approximate surface area is 103 Å². The van der Waals surface area contributed by atoms with Crippen molar-refractivity contribution in [2.75, 3.05) is 6.54 Å². The topological polar surface area (TPSA) is 66.4 Å². The molecule has 1 aliphatic rings. The van der Waals surface area contributed by atoms with Gasteiger partial charge >= 0.3 is 5.97 Å². The maximum atomic E-state index is 11.0. The number of aliphatic carboxylic acids is 1. The molecule has 0 aromatic carbocycles. The third kappa shape index (κ3) is 4.36. The van der Waals surface area contributed by atoms with Gasteiger partial charge in [-0.05, 0) is 36.5 Å². The van der Waals surface area contributed by atoms with Crippen molar-refractivity contribution in [3.63, 3.8) is 0 Å². The van der Waals surface area contributed by atoms with Crippen LogP contribution in [0.5, 0.6) is 0 Å². The maximum Gasteiger partial charge on any atom is 0.303 e. The van der Waals surface area contributed by atoms with Crippen LogP contribution in [0.3, 0.4) is 0 Å². The van der Waals surface area contributed by atoms with Gasteiger partial charge in [0.2, 0.25) is 5.91 Å². The summed E-state index contributed by atoms with van der Waals surface area (Å²) in [7, 11) is 0. The molecule has 0 aliphatic heterocycles. The highest BCUT2D eigenvalue weighted by atomic mass is 16.4. The Kier molecular flexibility index (Phi) is 4.54. The number of nitrogens with one attached hydrogen (secondary N) is 1. The summed E-state index contributed by atoms with van der Waals surface area (Å²) in [5.74, 6) is 0.219. The summed E-state index contributed by atoms with van der Waals surface area (Å²) in [4.78, 5) is 22.0. The second-order valence-corrected chi connectivity index (χ2v) is 5.83. The molecule has 1 saturated carbocycles. The summed E-state index contributed by atoms with van der Waals surface area (Å²) < 4.78 is 0. The maximum absolute atomic E-state index is 11.0. The van der Waals surface area contributed by atoms with Gasteiger partial charge < -0.3 is 10.4 Å². The molecule has 4 nitrogen and oxygen atoms in total. The van der Waals surface area contributed by atoms with Crippen molar-refractivity contribution >= 4 is 11.9 Å². The van der Waals surface area contributed by atoms with E-state index >= 15 is 0 Å². The van der Waals surface area contributed by atoms with Crippen LogP contribution in [0, 0.1) is 17.3 Å². The Bertz CT molecular complexity index is 291. The molecule has 0 spiro atoms. The Morgan fingerprint density at radius 2 is 1.82 bits per heavy atom. The van der Waals surface area contributed by atoms with Crippen LogP contribution >= 0.6 is 0 Å². The van der Waals surface area contributed by atoms with Crippen LogP contribution in [0.4, 0.5) is 0 Å². The highest BCUT2D eigenvalue weighted by Crippen LogP contribution is 2.44. The molecule has 1 aliphatic carbocycles. The van der Waals surface area contributed by atoms with Crippen LogP contribution in [0.25, 0.3) is 0 Å². The minimum absolute atomic E-state index is 0.0827. The van der Waals surface area contributed by atoms with Crippen molar-refractivity contribution in [3.8, 4) is 0 Å². The molecule has 0 saturated heterocycles. The smallest absolute Gasteiger partial charge is 0.303 e. The van der Waals surface area contributed by atoms with Crippen molar-refractivity contribution < 1.29 is 14.7 Å². The van der Waals surface area contributed by atoms with Gasteiger partial charge in [0, 0.05) is 13.5 Å². The molecule has 1 rings (SSSR count). The quantitative estimate of drug-likeness (QED) is 0.791. The third-order valence-corrected chi connectivity index (χ3v) is 3.61. The van der Waals surface area contributed by atoms with Crippen LogP contribution in [0.1, 0.15) is 46.5 Å². The molecule has 1 unspecified atom stereocenters. The Morgan fingerprint density at radius 3 is 2.24 bits per heavy atom. The second kappa shape index (κ2) is 5.52. The molecular weight excluding hydrogens is 218 g/mol. The predicted octanol–water partition coefficient (Wildman–Crippen LogP) is 2.04. The van der Waals surface area contributed by atoms with Crippen molar-refractivity contribution in [2.24, 2.45) is 17.3 Å². The molecule has 0 radical (unpaired) electrons. The van der Waals surface area contributed by atoms with Crippen molar-refractivity contribution in [2.45, 2.75) is 46.5 Å². The lowest BCUT2D eigenvalue weighted by atomic mass is 9.64. The van der Waals surface area contributed by atoms with Crippen LogP contribution in [-0.2, 0) is 9.59 Å². The van der Waals surface area contributed by atoms with Crippen LogP contribution in [-0.4, -0.2) is 23.5 Å². The van der Waals surface area contributed by atoms with Crippen LogP contribution in [0.15, 0.2) is 0 Å². The van der Waals surface area contributed by atoms with Crippen molar-refractivity contribution in [3.05, 3.63) is 0 Å². The van der Waals surface area contributed by atoms with Crippen LogP contribution in [0.2, 0.25) is 0 Å². The fourth-order valence-corrected chi connectivity index (χ4v) is 3.40. The van der Waals surface area contributed by atoms with Gasteiger partial charge in [0.05, 0.1) is 6.42 Å². The molecule has 0 bridgehead atoms. The summed E-state index contributed by atoms with van der Waals surface area (Å²) in [6.07, 6.45) is 3.09. The van der Waals surface area contributed by atoms with E-state index in [1.54, 1.807) is 0 Å². The first kappa shape index (κ1) is 14.0. The fraction of sp³-hybridized carbons (Fsp3) is 0.846. The van der Waals surface area contributed by atoms with Gasteiger partial charge in [0.1, 0.15) is 0 Å². The van der Waals surface area contributed by atoms with Gasteiger partial charge in [-0.1, -0.05) is 13.8 Å². The van der Waals surface area contributed by atoms with E-state index in [9.17, 15) is 9.59 Å². The first-order valence-electron chi connectivity index (χ1n) is 6.29. The van der Waals surface area contributed by atoms with E-state index in [0.717, 1.165) is 19.3 Å². The number of hydrogen-bond donors (Lipinski definition) is 2. The van der Waals surface area contributed by atoms with Gasteiger partial charge in [-0.15, -0.1) is 0 Å². The zero-order valence-electron chi connectivity index (χ0n) is 11.0. The van der Waals surface area contributed by atoms with E-state index in [4.69, 9.17) is 5.11 Å². The normalized spacial score (nSPS) is 33.1. The Morgan fingerprint density at radius 1 is 1.29 bits per heavy atom. The monoisotopic (exact) mass is 241 g/mol.